The SMILES string of the molecule is Oc1ccccc1SCC1COC2(CCCC2)O1. The fourth-order valence-corrected chi connectivity index (χ4v) is 3.56. The maximum absolute atomic E-state index is 9.70. The van der Waals surface area contributed by atoms with Gasteiger partial charge in [0.25, 0.3) is 0 Å². The molecule has 3 nitrogen and oxygen atoms in total. The van der Waals surface area contributed by atoms with E-state index in [0.717, 1.165) is 23.5 Å². The minimum absolute atomic E-state index is 0.146. The molecule has 98 valence electrons. The number of phenols is 1. The van der Waals surface area contributed by atoms with Crippen LogP contribution in [0.3, 0.4) is 0 Å². The molecule has 1 saturated heterocycles. The zero-order valence-corrected chi connectivity index (χ0v) is 11.1. The molecule has 1 N–H and O–H groups in total. The molecule has 1 aromatic rings. The van der Waals surface area contributed by atoms with Crippen LogP contribution in [0.5, 0.6) is 5.75 Å². The van der Waals surface area contributed by atoms with E-state index < -0.39 is 0 Å². The predicted octanol–water partition coefficient (Wildman–Crippen LogP) is 3.17. The molecule has 0 amide bonds. The highest BCUT2D eigenvalue weighted by molar-refractivity contribution is 7.99. The van der Waals surface area contributed by atoms with Crippen molar-refractivity contribution in [3.63, 3.8) is 0 Å². The maximum atomic E-state index is 9.70. The van der Waals surface area contributed by atoms with Crippen LogP contribution in [0.15, 0.2) is 29.2 Å². The Kier molecular flexibility index (Phi) is 3.50. The summed E-state index contributed by atoms with van der Waals surface area (Å²) >= 11 is 1.63. The number of aromatic hydroxyl groups is 1. The summed E-state index contributed by atoms with van der Waals surface area (Å²) in [6, 6.07) is 7.42. The quantitative estimate of drug-likeness (QED) is 0.853. The third-order valence-electron chi connectivity index (χ3n) is 3.57. The lowest BCUT2D eigenvalue weighted by Crippen LogP contribution is -2.27. The molecule has 1 aliphatic heterocycles. The van der Waals surface area contributed by atoms with E-state index in [1.165, 1.54) is 12.8 Å². The Bertz CT molecular complexity index is 415. The standard InChI is InChI=1S/C14H18O3S/c15-12-5-1-2-6-13(12)18-10-11-9-16-14(17-11)7-3-4-8-14/h1-2,5-6,11,15H,3-4,7-10H2. The first kappa shape index (κ1) is 12.3. The number of thioether (sulfide) groups is 1. The number of phenolic OH excluding ortho intramolecular Hbond substituents is 1. The van der Waals surface area contributed by atoms with Gasteiger partial charge in [0.2, 0.25) is 0 Å². The Balaban J connectivity index is 1.54. The van der Waals surface area contributed by atoms with Gasteiger partial charge in [0.15, 0.2) is 5.79 Å². The van der Waals surface area contributed by atoms with Gasteiger partial charge in [0.1, 0.15) is 5.75 Å². The van der Waals surface area contributed by atoms with Crippen molar-refractivity contribution >= 4 is 11.8 Å². The summed E-state index contributed by atoms with van der Waals surface area (Å²) in [6.07, 6.45) is 4.63. The second kappa shape index (κ2) is 5.11. The lowest BCUT2D eigenvalue weighted by Gasteiger charge is -2.21. The molecule has 1 saturated carbocycles. The highest BCUT2D eigenvalue weighted by Gasteiger charge is 2.43. The number of ether oxygens (including phenoxy) is 2. The molecule has 1 spiro atoms. The van der Waals surface area contributed by atoms with Crippen LogP contribution >= 0.6 is 11.8 Å². The summed E-state index contributed by atoms with van der Waals surface area (Å²) < 4.78 is 11.9. The molecule has 18 heavy (non-hydrogen) atoms. The largest absolute Gasteiger partial charge is 0.507 e. The van der Waals surface area contributed by atoms with E-state index in [-0.39, 0.29) is 11.9 Å². The fourth-order valence-electron chi connectivity index (χ4n) is 2.64. The van der Waals surface area contributed by atoms with E-state index in [2.05, 4.69) is 0 Å². The Morgan fingerprint density at radius 3 is 2.83 bits per heavy atom. The minimum atomic E-state index is -0.274. The molecular weight excluding hydrogens is 248 g/mol. The second-order valence-electron chi connectivity index (χ2n) is 4.95. The van der Waals surface area contributed by atoms with Crippen LogP contribution in [-0.2, 0) is 9.47 Å². The summed E-state index contributed by atoms with van der Waals surface area (Å²) in [7, 11) is 0. The topological polar surface area (TPSA) is 38.7 Å². The summed E-state index contributed by atoms with van der Waals surface area (Å²) in [6.45, 7) is 0.681. The van der Waals surface area contributed by atoms with Crippen molar-refractivity contribution in [3.8, 4) is 5.75 Å². The maximum Gasteiger partial charge on any atom is 0.168 e. The summed E-state index contributed by atoms with van der Waals surface area (Å²) in [5.74, 6) is 0.903. The normalized spacial score (nSPS) is 25.9. The van der Waals surface area contributed by atoms with Gasteiger partial charge in [-0.3, -0.25) is 0 Å². The zero-order chi connectivity index (χ0) is 12.4. The molecule has 0 bridgehead atoms. The van der Waals surface area contributed by atoms with E-state index in [1.54, 1.807) is 17.8 Å². The van der Waals surface area contributed by atoms with Gasteiger partial charge in [-0.05, 0) is 25.0 Å². The van der Waals surface area contributed by atoms with Gasteiger partial charge in [0.05, 0.1) is 12.7 Å². The van der Waals surface area contributed by atoms with E-state index in [0.29, 0.717) is 12.4 Å². The summed E-state index contributed by atoms with van der Waals surface area (Å²) in [5.41, 5.74) is 0. The van der Waals surface area contributed by atoms with E-state index >= 15 is 0 Å². The molecule has 2 fully saturated rings. The molecule has 2 aliphatic rings. The Morgan fingerprint density at radius 1 is 1.28 bits per heavy atom. The highest BCUT2D eigenvalue weighted by atomic mass is 32.2. The van der Waals surface area contributed by atoms with Crippen molar-refractivity contribution in [2.24, 2.45) is 0 Å². The molecule has 0 radical (unpaired) electrons. The van der Waals surface area contributed by atoms with Crippen LogP contribution in [0.1, 0.15) is 25.7 Å². The molecule has 1 heterocycles. The van der Waals surface area contributed by atoms with Gasteiger partial charge in [-0.1, -0.05) is 12.1 Å². The average molecular weight is 266 g/mol. The van der Waals surface area contributed by atoms with Gasteiger partial charge in [0, 0.05) is 23.5 Å². The fraction of sp³-hybridized carbons (Fsp3) is 0.571. The number of rotatable bonds is 3. The number of hydrogen-bond donors (Lipinski definition) is 1. The molecular formula is C14H18O3S. The number of hydrogen-bond acceptors (Lipinski definition) is 4. The van der Waals surface area contributed by atoms with E-state index in [4.69, 9.17) is 9.47 Å². The molecule has 1 atom stereocenters. The molecule has 1 aliphatic carbocycles. The van der Waals surface area contributed by atoms with Crippen molar-refractivity contribution in [2.75, 3.05) is 12.4 Å². The van der Waals surface area contributed by atoms with Gasteiger partial charge in [-0.15, -0.1) is 11.8 Å². The van der Waals surface area contributed by atoms with E-state index in [1.807, 2.05) is 18.2 Å². The van der Waals surface area contributed by atoms with Crippen LogP contribution in [0.4, 0.5) is 0 Å². The Labute approximate surface area is 111 Å². The molecule has 1 aromatic carbocycles. The van der Waals surface area contributed by atoms with Gasteiger partial charge in [-0.25, -0.2) is 0 Å². The van der Waals surface area contributed by atoms with Gasteiger partial charge in [-0.2, -0.15) is 0 Å². The average Bonchev–Trinajstić information content (AvgIpc) is 3.00. The Morgan fingerprint density at radius 2 is 2.06 bits per heavy atom. The van der Waals surface area contributed by atoms with Gasteiger partial charge >= 0.3 is 0 Å². The lowest BCUT2D eigenvalue weighted by molar-refractivity contribution is -0.159. The summed E-state index contributed by atoms with van der Waals surface area (Å²) in [5, 5.41) is 9.70. The van der Waals surface area contributed by atoms with Crippen LogP contribution in [0.25, 0.3) is 0 Å². The van der Waals surface area contributed by atoms with Crippen LogP contribution < -0.4 is 0 Å². The number of benzene rings is 1. The van der Waals surface area contributed by atoms with Crippen LogP contribution in [0.2, 0.25) is 0 Å². The zero-order valence-electron chi connectivity index (χ0n) is 10.3. The van der Waals surface area contributed by atoms with Crippen LogP contribution in [-0.4, -0.2) is 29.4 Å². The minimum Gasteiger partial charge on any atom is -0.507 e. The molecule has 4 heteroatoms. The second-order valence-corrected chi connectivity index (χ2v) is 6.01. The molecule has 3 rings (SSSR count). The smallest absolute Gasteiger partial charge is 0.168 e. The molecule has 0 aromatic heterocycles. The predicted molar refractivity (Wildman–Crippen MR) is 70.9 cm³/mol. The van der Waals surface area contributed by atoms with Crippen molar-refractivity contribution in [1.29, 1.82) is 0 Å². The lowest BCUT2D eigenvalue weighted by atomic mass is 10.2. The van der Waals surface area contributed by atoms with Crippen molar-refractivity contribution in [2.45, 2.75) is 42.5 Å². The highest BCUT2D eigenvalue weighted by Crippen LogP contribution is 2.40. The van der Waals surface area contributed by atoms with Crippen molar-refractivity contribution in [1.82, 2.24) is 0 Å². The molecule has 1 unspecified atom stereocenters. The number of para-hydroxylation sites is 1. The first-order valence-electron chi connectivity index (χ1n) is 6.50. The van der Waals surface area contributed by atoms with Crippen LogP contribution in [0, 0.1) is 0 Å². The van der Waals surface area contributed by atoms with Gasteiger partial charge < -0.3 is 14.6 Å². The third-order valence-corrected chi connectivity index (χ3v) is 4.76. The third kappa shape index (κ3) is 2.51. The first-order valence-corrected chi connectivity index (χ1v) is 7.49. The van der Waals surface area contributed by atoms with Crippen molar-refractivity contribution in [3.05, 3.63) is 24.3 Å². The Hall–Kier alpha value is -0.710. The van der Waals surface area contributed by atoms with E-state index in [9.17, 15) is 5.11 Å². The summed E-state index contributed by atoms with van der Waals surface area (Å²) in [4.78, 5) is 0.911. The first-order chi connectivity index (χ1) is 8.77. The van der Waals surface area contributed by atoms with Crippen molar-refractivity contribution < 1.29 is 14.6 Å². The monoisotopic (exact) mass is 266 g/mol.